The molecule has 4 nitrogen and oxygen atoms in total. The molecule has 0 spiro atoms. The molecule has 20 heavy (non-hydrogen) atoms. The van der Waals surface area contributed by atoms with Crippen LogP contribution in [0, 0.1) is 0 Å². The average molecular weight is 319 g/mol. The normalized spacial score (nSPS) is 11.2. The summed E-state index contributed by atoms with van der Waals surface area (Å²) in [5, 5.41) is 7.48. The molecule has 0 fully saturated rings. The summed E-state index contributed by atoms with van der Waals surface area (Å²) in [6.45, 7) is 9.02. The molecule has 1 aromatic heterocycles. The third-order valence-electron chi connectivity index (χ3n) is 3.14. The molecule has 0 bridgehead atoms. The van der Waals surface area contributed by atoms with Crippen LogP contribution in [0.5, 0.6) is 0 Å². The van der Waals surface area contributed by atoms with Crippen LogP contribution in [0.3, 0.4) is 0 Å². The molecular weight excluding hydrogens is 295 g/mol. The lowest BCUT2D eigenvalue weighted by atomic mass is 10.3. The molecule has 0 aliphatic carbocycles. The highest BCUT2D eigenvalue weighted by Crippen LogP contribution is 2.29. The third-order valence-corrected chi connectivity index (χ3v) is 3.71. The van der Waals surface area contributed by atoms with E-state index in [4.69, 9.17) is 23.2 Å². The Morgan fingerprint density at radius 2 is 1.80 bits per heavy atom. The summed E-state index contributed by atoms with van der Waals surface area (Å²) < 4.78 is 0. The number of halogens is 2. The van der Waals surface area contributed by atoms with Gasteiger partial charge in [-0.15, -0.1) is 0 Å². The van der Waals surface area contributed by atoms with E-state index < -0.39 is 0 Å². The van der Waals surface area contributed by atoms with Gasteiger partial charge in [0.1, 0.15) is 11.6 Å². The van der Waals surface area contributed by atoms with Crippen LogP contribution in [0.2, 0.25) is 10.0 Å². The van der Waals surface area contributed by atoms with E-state index in [1.54, 1.807) is 6.07 Å². The van der Waals surface area contributed by atoms with E-state index in [2.05, 4.69) is 41.4 Å². The van der Waals surface area contributed by atoms with Gasteiger partial charge >= 0.3 is 0 Å². The standard InChI is InChI=1S/C14H24Cl2N4/c1-5-17-13-11(15)9-12(16)14(19-13)18-7-6-8-20(4)10(2)3/h9-10H,5-8H2,1-4H3,(H2,17,18,19). The Kier molecular flexibility index (Phi) is 7.41. The van der Waals surface area contributed by atoms with E-state index in [1.165, 1.54) is 0 Å². The molecule has 0 unspecified atom stereocenters. The minimum absolute atomic E-state index is 0.543. The van der Waals surface area contributed by atoms with Crippen LogP contribution in [-0.4, -0.2) is 42.6 Å². The van der Waals surface area contributed by atoms with Gasteiger partial charge in [-0.05, 0) is 46.9 Å². The molecule has 0 saturated carbocycles. The fourth-order valence-electron chi connectivity index (χ4n) is 1.68. The largest absolute Gasteiger partial charge is 0.369 e. The molecule has 1 rings (SSSR count). The second-order valence-corrected chi connectivity index (χ2v) is 5.85. The van der Waals surface area contributed by atoms with Crippen LogP contribution in [0.4, 0.5) is 11.6 Å². The van der Waals surface area contributed by atoms with Crippen molar-refractivity contribution in [3.05, 3.63) is 16.1 Å². The minimum Gasteiger partial charge on any atom is -0.369 e. The number of nitrogens with one attached hydrogen (secondary N) is 2. The van der Waals surface area contributed by atoms with Crippen molar-refractivity contribution in [1.82, 2.24) is 9.88 Å². The zero-order valence-electron chi connectivity index (χ0n) is 12.6. The average Bonchev–Trinajstić information content (AvgIpc) is 2.39. The Labute approximate surface area is 131 Å². The zero-order chi connectivity index (χ0) is 15.1. The summed E-state index contributed by atoms with van der Waals surface area (Å²) >= 11 is 12.2. The maximum Gasteiger partial charge on any atom is 0.147 e. The van der Waals surface area contributed by atoms with Crippen LogP contribution in [0.1, 0.15) is 27.2 Å². The van der Waals surface area contributed by atoms with Crippen LogP contribution in [-0.2, 0) is 0 Å². The van der Waals surface area contributed by atoms with Crippen molar-refractivity contribution >= 4 is 34.8 Å². The molecule has 0 aliphatic rings. The van der Waals surface area contributed by atoms with E-state index in [0.717, 1.165) is 26.1 Å². The lowest BCUT2D eigenvalue weighted by molar-refractivity contribution is 0.273. The van der Waals surface area contributed by atoms with E-state index >= 15 is 0 Å². The van der Waals surface area contributed by atoms with Gasteiger partial charge in [0.15, 0.2) is 0 Å². The predicted molar refractivity (Wildman–Crippen MR) is 89.3 cm³/mol. The molecule has 0 radical (unpaired) electrons. The van der Waals surface area contributed by atoms with Gasteiger partial charge in [-0.3, -0.25) is 0 Å². The van der Waals surface area contributed by atoms with E-state index in [1.807, 2.05) is 6.92 Å². The van der Waals surface area contributed by atoms with Gasteiger partial charge in [-0.25, -0.2) is 4.98 Å². The monoisotopic (exact) mass is 318 g/mol. The summed E-state index contributed by atoms with van der Waals surface area (Å²) in [6, 6.07) is 2.28. The van der Waals surface area contributed by atoms with E-state index in [-0.39, 0.29) is 0 Å². The molecule has 2 N–H and O–H groups in total. The molecule has 0 amide bonds. The van der Waals surface area contributed by atoms with Crippen LogP contribution in [0.25, 0.3) is 0 Å². The lowest BCUT2D eigenvalue weighted by Gasteiger charge is -2.21. The van der Waals surface area contributed by atoms with Gasteiger partial charge in [0.05, 0.1) is 10.0 Å². The number of anilines is 2. The van der Waals surface area contributed by atoms with Crippen molar-refractivity contribution in [2.24, 2.45) is 0 Å². The van der Waals surface area contributed by atoms with Gasteiger partial charge in [0.2, 0.25) is 0 Å². The smallest absolute Gasteiger partial charge is 0.147 e. The molecule has 0 aromatic carbocycles. The van der Waals surface area contributed by atoms with Crippen LogP contribution in [0.15, 0.2) is 6.07 Å². The van der Waals surface area contributed by atoms with Crippen molar-refractivity contribution in [3.63, 3.8) is 0 Å². The highest BCUT2D eigenvalue weighted by Gasteiger charge is 2.09. The topological polar surface area (TPSA) is 40.2 Å². The fourth-order valence-corrected chi connectivity index (χ4v) is 2.17. The second kappa shape index (κ2) is 8.55. The van der Waals surface area contributed by atoms with Crippen molar-refractivity contribution in [2.45, 2.75) is 33.2 Å². The molecular formula is C14H24Cl2N4. The number of hydrogen-bond donors (Lipinski definition) is 2. The number of pyridine rings is 1. The summed E-state index contributed by atoms with van der Waals surface area (Å²) in [4.78, 5) is 6.72. The first-order chi connectivity index (χ1) is 9.45. The molecule has 0 atom stereocenters. The van der Waals surface area contributed by atoms with Gasteiger partial charge in [0, 0.05) is 19.1 Å². The van der Waals surface area contributed by atoms with Gasteiger partial charge in [0.25, 0.3) is 0 Å². The number of nitrogens with zero attached hydrogens (tertiary/aromatic N) is 2. The summed E-state index contributed by atoms with van der Waals surface area (Å²) in [5.74, 6) is 1.35. The van der Waals surface area contributed by atoms with Gasteiger partial charge in [-0.2, -0.15) is 0 Å². The maximum absolute atomic E-state index is 6.15. The predicted octanol–water partition coefficient (Wildman–Crippen LogP) is 3.96. The molecule has 0 saturated heterocycles. The molecule has 114 valence electrons. The maximum atomic E-state index is 6.15. The van der Waals surface area contributed by atoms with Crippen molar-refractivity contribution in [1.29, 1.82) is 0 Å². The Morgan fingerprint density at radius 3 is 2.35 bits per heavy atom. The van der Waals surface area contributed by atoms with Crippen LogP contribution < -0.4 is 10.6 Å². The summed E-state index contributed by atoms with van der Waals surface area (Å²) in [6.07, 6.45) is 1.03. The minimum atomic E-state index is 0.543. The first kappa shape index (κ1) is 17.3. The molecule has 1 heterocycles. The summed E-state index contributed by atoms with van der Waals surface area (Å²) in [5.41, 5.74) is 0. The summed E-state index contributed by atoms with van der Waals surface area (Å²) in [7, 11) is 2.13. The molecule has 6 heteroatoms. The SMILES string of the molecule is CCNc1nc(NCCCN(C)C(C)C)c(Cl)cc1Cl. The van der Waals surface area contributed by atoms with Crippen molar-refractivity contribution < 1.29 is 0 Å². The Hall–Kier alpha value is -0.710. The fraction of sp³-hybridized carbons (Fsp3) is 0.643. The van der Waals surface area contributed by atoms with Crippen LogP contribution >= 0.6 is 23.2 Å². The van der Waals surface area contributed by atoms with Gasteiger partial charge < -0.3 is 15.5 Å². The van der Waals surface area contributed by atoms with E-state index in [0.29, 0.717) is 27.7 Å². The van der Waals surface area contributed by atoms with Gasteiger partial charge in [-0.1, -0.05) is 23.2 Å². The van der Waals surface area contributed by atoms with E-state index in [9.17, 15) is 0 Å². The third kappa shape index (κ3) is 5.35. The Balaban J connectivity index is 2.53. The first-order valence-electron chi connectivity index (χ1n) is 6.99. The highest BCUT2D eigenvalue weighted by atomic mass is 35.5. The molecule has 0 aliphatic heterocycles. The Morgan fingerprint density at radius 1 is 1.20 bits per heavy atom. The second-order valence-electron chi connectivity index (χ2n) is 5.03. The quantitative estimate of drug-likeness (QED) is 0.712. The van der Waals surface area contributed by atoms with Crippen molar-refractivity contribution in [3.8, 4) is 0 Å². The molecule has 1 aromatic rings. The highest BCUT2D eigenvalue weighted by molar-refractivity contribution is 6.37. The number of aromatic nitrogens is 1. The number of rotatable bonds is 8. The zero-order valence-corrected chi connectivity index (χ0v) is 14.1. The Bertz CT molecular complexity index is 424. The van der Waals surface area contributed by atoms with Crippen molar-refractivity contribution in [2.75, 3.05) is 37.3 Å². The first-order valence-corrected chi connectivity index (χ1v) is 7.75. The lowest BCUT2D eigenvalue weighted by Crippen LogP contribution is -2.28. The number of hydrogen-bond acceptors (Lipinski definition) is 4.